The Hall–Kier alpha value is -2.64. The molecule has 0 fully saturated rings. The first-order valence-electron chi connectivity index (χ1n) is 8.10. The van der Waals surface area contributed by atoms with Crippen LogP contribution in [0.15, 0.2) is 77.7 Å². The molecule has 3 aromatic carbocycles. The summed E-state index contributed by atoms with van der Waals surface area (Å²) in [5, 5.41) is 0. The number of nitrogens with zero attached hydrogens (tertiary/aromatic N) is 1. The van der Waals surface area contributed by atoms with Crippen molar-refractivity contribution in [3.63, 3.8) is 0 Å². The molecule has 0 amide bonds. The largest absolute Gasteiger partial charge is 0.243 e. The summed E-state index contributed by atoms with van der Waals surface area (Å²) in [6, 6.07) is 16.7. The van der Waals surface area contributed by atoms with Gasteiger partial charge in [0.15, 0.2) is 11.6 Å². The van der Waals surface area contributed by atoms with Crippen molar-refractivity contribution in [2.45, 2.75) is 18.0 Å². The second kappa shape index (κ2) is 7.94. The summed E-state index contributed by atoms with van der Waals surface area (Å²) in [5.41, 5.74) is 0.594. The molecule has 3 rings (SSSR count). The zero-order valence-corrected chi connectivity index (χ0v) is 15.0. The molecule has 0 aliphatic heterocycles. The van der Waals surface area contributed by atoms with E-state index in [0.29, 0.717) is 5.56 Å². The molecule has 0 bridgehead atoms. The highest BCUT2D eigenvalue weighted by Crippen LogP contribution is 2.23. The zero-order valence-electron chi connectivity index (χ0n) is 14.1. The van der Waals surface area contributed by atoms with Gasteiger partial charge >= 0.3 is 0 Å². The van der Waals surface area contributed by atoms with Crippen LogP contribution in [0.5, 0.6) is 0 Å². The third-order valence-electron chi connectivity index (χ3n) is 4.03. The van der Waals surface area contributed by atoms with E-state index in [0.717, 1.165) is 34.6 Å². The first-order valence-corrected chi connectivity index (χ1v) is 9.54. The topological polar surface area (TPSA) is 37.4 Å². The molecule has 3 aromatic rings. The highest BCUT2D eigenvalue weighted by atomic mass is 32.2. The van der Waals surface area contributed by atoms with E-state index >= 15 is 0 Å². The van der Waals surface area contributed by atoms with Gasteiger partial charge in [0.05, 0.1) is 4.90 Å². The molecule has 0 atom stereocenters. The molecular formula is C20H16F3NO2S. The van der Waals surface area contributed by atoms with E-state index < -0.39 is 27.5 Å². The predicted molar refractivity (Wildman–Crippen MR) is 95.6 cm³/mol. The van der Waals surface area contributed by atoms with E-state index in [1.54, 1.807) is 30.3 Å². The van der Waals surface area contributed by atoms with Crippen LogP contribution in [0.2, 0.25) is 0 Å². The minimum atomic E-state index is -4.07. The minimum absolute atomic E-state index is 0.0451. The Labute approximate surface area is 155 Å². The molecule has 140 valence electrons. The molecule has 0 N–H and O–H groups in total. The van der Waals surface area contributed by atoms with Crippen LogP contribution in [0, 0.1) is 17.5 Å². The Morgan fingerprint density at radius 3 is 2.07 bits per heavy atom. The van der Waals surface area contributed by atoms with Crippen molar-refractivity contribution < 1.29 is 21.6 Å². The van der Waals surface area contributed by atoms with Crippen LogP contribution in [0.1, 0.15) is 11.1 Å². The van der Waals surface area contributed by atoms with Gasteiger partial charge < -0.3 is 0 Å². The Morgan fingerprint density at radius 1 is 0.741 bits per heavy atom. The second-order valence-electron chi connectivity index (χ2n) is 5.93. The molecule has 0 heterocycles. The van der Waals surface area contributed by atoms with Crippen LogP contribution in [0.25, 0.3) is 0 Å². The fraction of sp³-hybridized carbons (Fsp3) is 0.100. The second-order valence-corrected chi connectivity index (χ2v) is 7.86. The van der Waals surface area contributed by atoms with Crippen molar-refractivity contribution >= 4 is 10.0 Å². The third-order valence-corrected chi connectivity index (χ3v) is 5.84. The molecular weight excluding hydrogens is 375 g/mol. The smallest absolute Gasteiger partial charge is 0.207 e. The van der Waals surface area contributed by atoms with Crippen molar-refractivity contribution in [3.8, 4) is 0 Å². The van der Waals surface area contributed by atoms with Gasteiger partial charge in [0.25, 0.3) is 0 Å². The molecule has 27 heavy (non-hydrogen) atoms. The molecule has 0 saturated heterocycles. The van der Waals surface area contributed by atoms with Gasteiger partial charge in [-0.05, 0) is 35.9 Å². The maximum absolute atomic E-state index is 14.1. The fourth-order valence-corrected chi connectivity index (χ4v) is 4.04. The summed E-state index contributed by atoms with van der Waals surface area (Å²) in [5.74, 6) is -2.71. The normalized spacial score (nSPS) is 11.7. The number of sulfonamides is 1. The molecule has 7 heteroatoms. The van der Waals surface area contributed by atoms with Crippen molar-refractivity contribution in [3.05, 3.63) is 101 Å². The maximum Gasteiger partial charge on any atom is 0.243 e. The Balaban J connectivity index is 2.01. The van der Waals surface area contributed by atoms with Crippen molar-refractivity contribution in [1.82, 2.24) is 4.31 Å². The summed E-state index contributed by atoms with van der Waals surface area (Å²) in [6.07, 6.45) is 0. The van der Waals surface area contributed by atoms with Gasteiger partial charge in [-0.15, -0.1) is 0 Å². The summed E-state index contributed by atoms with van der Waals surface area (Å²) >= 11 is 0. The number of hydrogen-bond acceptors (Lipinski definition) is 2. The van der Waals surface area contributed by atoms with Gasteiger partial charge in [-0.25, -0.2) is 21.6 Å². The number of halogens is 3. The highest BCUT2D eigenvalue weighted by Gasteiger charge is 2.26. The van der Waals surface area contributed by atoms with Crippen LogP contribution in [-0.2, 0) is 23.1 Å². The van der Waals surface area contributed by atoms with Crippen molar-refractivity contribution in [1.29, 1.82) is 0 Å². The quantitative estimate of drug-likeness (QED) is 0.621. The average molecular weight is 391 g/mol. The van der Waals surface area contributed by atoms with E-state index in [2.05, 4.69) is 0 Å². The predicted octanol–water partition coefficient (Wildman–Crippen LogP) is 4.50. The van der Waals surface area contributed by atoms with E-state index in [1.165, 1.54) is 12.1 Å². The Morgan fingerprint density at radius 2 is 1.41 bits per heavy atom. The highest BCUT2D eigenvalue weighted by molar-refractivity contribution is 7.89. The van der Waals surface area contributed by atoms with Gasteiger partial charge in [-0.3, -0.25) is 0 Å². The molecule has 0 aliphatic carbocycles. The lowest BCUT2D eigenvalue weighted by molar-refractivity contribution is 0.388. The van der Waals surface area contributed by atoms with Crippen LogP contribution >= 0.6 is 0 Å². The van der Waals surface area contributed by atoms with Gasteiger partial charge in [0.1, 0.15) is 5.82 Å². The van der Waals surface area contributed by atoms with Gasteiger partial charge in [-0.2, -0.15) is 4.31 Å². The lowest BCUT2D eigenvalue weighted by Crippen LogP contribution is -2.30. The van der Waals surface area contributed by atoms with E-state index in [9.17, 15) is 21.6 Å². The summed E-state index contributed by atoms with van der Waals surface area (Å²) < 4.78 is 67.9. The molecule has 0 radical (unpaired) electrons. The zero-order chi connectivity index (χ0) is 19.4. The summed E-state index contributed by atoms with van der Waals surface area (Å²) in [7, 11) is -4.07. The third kappa shape index (κ3) is 4.37. The van der Waals surface area contributed by atoms with Gasteiger partial charge in [0.2, 0.25) is 10.0 Å². The Kier molecular flexibility index (Phi) is 5.62. The number of rotatable bonds is 6. The van der Waals surface area contributed by atoms with Gasteiger partial charge in [0, 0.05) is 18.7 Å². The van der Waals surface area contributed by atoms with Crippen LogP contribution < -0.4 is 0 Å². The number of benzene rings is 3. The molecule has 0 unspecified atom stereocenters. The van der Waals surface area contributed by atoms with Crippen LogP contribution in [-0.4, -0.2) is 12.7 Å². The summed E-state index contributed by atoms with van der Waals surface area (Å²) in [6.45, 7) is -0.408. The fourth-order valence-electron chi connectivity index (χ4n) is 2.63. The Bertz CT molecular complexity index is 1020. The molecule has 0 aliphatic rings. The first-order chi connectivity index (χ1) is 12.9. The monoisotopic (exact) mass is 391 g/mol. The van der Waals surface area contributed by atoms with Crippen molar-refractivity contribution in [2.24, 2.45) is 0 Å². The van der Waals surface area contributed by atoms with E-state index in [-0.39, 0.29) is 23.5 Å². The number of hydrogen-bond donors (Lipinski definition) is 0. The van der Waals surface area contributed by atoms with E-state index in [1.807, 2.05) is 0 Å². The molecule has 3 nitrogen and oxygen atoms in total. The van der Waals surface area contributed by atoms with E-state index in [4.69, 9.17) is 0 Å². The van der Waals surface area contributed by atoms with Crippen molar-refractivity contribution in [2.75, 3.05) is 0 Å². The standard InChI is InChI=1S/C20H16F3NO2S/c21-17-9-11-18(12-10-17)27(25,26)24(13-15-5-2-1-3-6-15)14-16-7-4-8-19(22)20(16)23/h1-12H,13-14H2. The molecule has 0 saturated carbocycles. The lowest BCUT2D eigenvalue weighted by Gasteiger charge is -2.23. The minimum Gasteiger partial charge on any atom is -0.207 e. The first kappa shape index (κ1) is 19.1. The molecule has 0 spiro atoms. The van der Waals surface area contributed by atoms with Gasteiger partial charge in [-0.1, -0.05) is 42.5 Å². The van der Waals surface area contributed by atoms with Crippen LogP contribution in [0.3, 0.4) is 0 Å². The average Bonchev–Trinajstić information content (AvgIpc) is 2.66. The van der Waals surface area contributed by atoms with Crippen LogP contribution in [0.4, 0.5) is 13.2 Å². The maximum atomic E-state index is 14.1. The lowest BCUT2D eigenvalue weighted by atomic mass is 10.2. The summed E-state index contributed by atoms with van der Waals surface area (Å²) in [4.78, 5) is -0.128. The SMILES string of the molecule is O=S(=O)(c1ccc(F)cc1)N(Cc1ccccc1)Cc1cccc(F)c1F. The molecule has 0 aromatic heterocycles.